The third-order valence-electron chi connectivity index (χ3n) is 1.07. The smallest absolute Gasteiger partial charge is 0.224 e. The third kappa shape index (κ3) is 1.14. The minimum absolute atomic E-state index is 0.157. The van der Waals surface area contributed by atoms with Crippen LogP contribution in [0.15, 0.2) is 17.1 Å². The number of pyridine rings is 1. The Labute approximate surface area is 62.6 Å². The first-order valence-electron chi connectivity index (χ1n) is 2.67. The largest absolute Gasteiger partial charge is 0.490 e. The molecule has 0 fully saturated rings. The molecule has 1 rings (SSSR count). The van der Waals surface area contributed by atoms with Crippen LogP contribution in [-0.2, 0) is 0 Å². The van der Waals surface area contributed by atoms with Crippen LogP contribution in [0.5, 0.6) is 5.75 Å². The predicted molar refractivity (Wildman–Crippen MR) is 38.6 cm³/mol. The normalized spacial score (nSPS) is 9.40. The van der Waals surface area contributed by atoms with Crippen molar-refractivity contribution >= 4 is 11.6 Å². The molecule has 0 aliphatic heterocycles. The molecule has 0 bridgehead atoms. The molecule has 1 N–H and O–H groups in total. The van der Waals surface area contributed by atoms with Crippen LogP contribution in [0.25, 0.3) is 0 Å². The summed E-state index contributed by atoms with van der Waals surface area (Å²) in [7, 11) is 1.40. The molecule has 0 atom stereocenters. The predicted octanol–water partition coefficient (Wildman–Crippen LogP) is 1.04. The van der Waals surface area contributed by atoms with Gasteiger partial charge in [0, 0.05) is 12.3 Å². The number of hydrogen-bond donors (Lipinski definition) is 1. The van der Waals surface area contributed by atoms with Gasteiger partial charge in [0.05, 0.1) is 7.11 Å². The Hall–Kier alpha value is -0.960. The maximum Gasteiger partial charge on any atom is 0.224 e. The van der Waals surface area contributed by atoms with Crippen molar-refractivity contribution in [1.82, 2.24) is 4.98 Å². The van der Waals surface area contributed by atoms with Gasteiger partial charge >= 0.3 is 0 Å². The number of aromatic amines is 1. The summed E-state index contributed by atoms with van der Waals surface area (Å²) in [5.74, 6) is 0.157. The van der Waals surface area contributed by atoms with E-state index in [9.17, 15) is 4.79 Å². The molecule has 1 aromatic rings. The van der Waals surface area contributed by atoms with Crippen molar-refractivity contribution < 1.29 is 4.74 Å². The number of methoxy groups -OCH3 is 1. The molecule has 0 aromatic carbocycles. The summed E-state index contributed by atoms with van der Waals surface area (Å²) >= 11 is 5.55. The monoisotopic (exact) mass is 159 g/mol. The molecular weight excluding hydrogens is 154 g/mol. The van der Waals surface area contributed by atoms with Crippen LogP contribution >= 0.6 is 11.6 Å². The number of rotatable bonds is 1. The van der Waals surface area contributed by atoms with Crippen LogP contribution in [-0.4, -0.2) is 12.1 Å². The van der Waals surface area contributed by atoms with Crippen molar-refractivity contribution in [1.29, 1.82) is 0 Å². The van der Waals surface area contributed by atoms with Gasteiger partial charge in [0.15, 0.2) is 5.15 Å². The van der Waals surface area contributed by atoms with Gasteiger partial charge in [-0.05, 0) is 0 Å². The molecule has 3 nitrogen and oxygen atoms in total. The van der Waals surface area contributed by atoms with Crippen molar-refractivity contribution in [2.75, 3.05) is 7.11 Å². The third-order valence-corrected chi connectivity index (χ3v) is 1.35. The summed E-state index contributed by atoms with van der Waals surface area (Å²) in [5.41, 5.74) is -0.216. The van der Waals surface area contributed by atoms with Gasteiger partial charge in [0.1, 0.15) is 0 Å². The van der Waals surface area contributed by atoms with Gasteiger partial charge in [0.25, 0.3) is 0 Å². The Morgan fingerprint density at radius 3 is 2.80 bits per heavy atom. The second kappa shape index (κ2) is 2.75. The Bertz CT molecular complexity index is 281. The van der Waals surface area contributed by atoms with Gasteiger partial charge in [-0.25, -0.2) is 0 Å². The van der Waals surface area contributed by atoms with E-state index in [1.54, 1.807) is 0 Å². The second-order valence-electron chi connectivity index (χ2n) is 1.69. The van der Waals surface area contributed by atoms with Crippen LogP contribution in [0.3, 0.4) is 0 Å². The van der Waals surface area contributed by atoms with Crippen LogP contribution in [0.2, 0.25) is 5.15 Å². The number of aromatic nitrogens is 1. The van der Waals surface area contributed by atoms with Gasteiger partial charge in [0.2, 0.25) is 11.2 Å². The zero-order valence-corrected chi connectivity index (χ0v) is 6.11. The van der Waals surface area contributed by atoms with E-state index in [-0.39, 0.29) is 16.3 Å². The lowest BCUT2D eigenvalue weighted by Crippen LogP contribution is -2.04. The molecule has 1 aromatic heterocycles. The van der Waals surface area contributed by atoms with Gasteiger partial charge < -0.3 is 9.72 Å². The molecule has 1 heterocycles. The maximum absolute atomic E-state index is 10.8. The number of H-pyrrole nitrogens is 1. The molecular formula is C6H6ClNO2. The van der Waals surface area contributed by atoms with Crippen LogP contribution in [0, 0.1) is 0 Å². The topological polar surface area (TPSA) is 42.1 Å². The molecule has 0 spiro atoms. The molecule has 0 radical (unpaired) electrons. The highest BCUT2D eigenvalue weighted by molar-refractivity contribution is 6.30. The molecule has 4 heteroatoms. The Kier molecular flexibility index (Phi) is 1.97. The summed E-state index contributed by atoms with van der Waals surface area (Å²) in [4.78, 5) is 13.5. The van der Waals surface area contributed by atoms with E-state index in [0.29, 0.717) is 0 Å². The summed E-state index contributed by atoms with van der Waals surface area (Å²) < 4.78 is 4.70. The molecule has 0 aliphatic carbocycles. The molecule has 54 valence electrons. The minimum atomic E-state index is -0.216. The van der Waals surface area contributed by atoms with E-state index in [4.69, 9.17) is 16.3 Å². The van der Waals surface area contributed by atoms with Crippen molar-refractivity contribution in [2.45, 2.75) is 0 Å². The first-order valence-corrected chi connectivity index (χ1v) is 3.04. The highest BCUT2D eigenvalue weighted by Crippen LogP contribution is 2.13. The number of hydrogen-bond acceptors (Lipinski definition) is 2. The van der Waals surface area contributed by atoms with Gasteiger partial charge in [-0.15, -0.1) is 0 Å². The van der Waals surface area contributed by atoms with Crippen molar-refractivity contribution in [3.63, 3.8) is 0 Å². The molecule has 0 amide bonds. The second-order valence-corrected chi connectivity index (χ2v) is 2.07. The van der Waals surface area contributed by atoms with E-state index < -0.39 is 0 Å². The van der Waals surface area contributed by atoms with Gasteiger partial charge in [-0.2, -0.15) is 0 Å². The fraction of sp³-hybridized carbons (Fsp3) is 0.167. The van der Waals surface area contributed by atoms with Crippen LogP contribution in [0.1, 0.15) is 0 Å². The Morgan fingerprint density at radius 2 is 2.40 bits per heavy atom. The molecule has 0 saturated carbocycles. The molecule has 10 heavy (non-hydrogen) atoms. The SMILES string of the molecule is COc1c(Cl)[nH]ccc1=O. The first-order chi connectivity index (χ1) is 4.75. The quantitative estimate of drug-likeness (QED) is 0.622. The van der Waals surface area contributed by atoms with E-state index in [0.717, 1.165) is 0 Å². The van der Waals surface area contributed by atoms with E-state index in [1.807, 2.05) is 0 Å². The molecule has 0 aliphatic rings. The lowest BCUT2D eigenvalue weighted by Gasteiger charge is -1.98. The van der Waals surface area contributed by atoms with E-state index in [1.165, 1.54) is 19.4 Å². The maximum atomic E-state index is 10.8. The highest BCUT2D eigenvalue weighted by atomic mass is 35.5. The average Bonchev–Trinajstić information content (AvgIpc) is 1.88. The summed E-state index contributed by atoms with van der Waals surface area (Å²) in [5, 5.41) is 0.231. The highest BCUT2D eigenvalue weighted by Gasteiger charge is 2.01. The lowest BCUT2D eigenvalue weighted by atomic mass is 10.4. The zero-order valence-electron chi connectivity index (χ0n) is 5.35. The lowest BCUT2D eigenvalue weighted by molar-refractivity contribution is 0.409. The van der Waals surface area contributed by atoms with Crippen molar-refractivity contribution in [3.05, 3.63) is 27.6 Å². The number of ether oxygens (including phenoxy) is 1. The van der Waals surface area contributed by atoms with Crippen molar-refractivity contribution in [2.24, 2.45) is 0 Å². The Morgan fingerprint density at radius 1 is 1.70 bits per heavy atom. The summed E-state index contributed by atoms with van der Waals surface area (Å²) in [6.07, 6.45) is 1.47. The fourth-order valence-electron chi connectivity index (χ4n) is 0.630. The zero-order chi connectivity index (χ0) is 7.56. The number of halogens is 1. The number of nitrogens with one attached hydrogen (secondary N) is 1. The van der Waals surface area contributed by atoms with E-state index in [2.05, 4.69) is 4.98 Å². The average molecular weight is 160 g/mol. The first kappa shape index (κ1) is 7.15. The van der Waals surface area contributed by atoms with Crippen molar-refractivity contribution in [3.8, 4) is 5.75 Å². The summed E-state index contributed by atoms with van der Waals surface area (Å²) in [6.45, 7) is 0. The Balaban J connectivity index is 3.31. The molecule has 0 unspecified atom stereocenters. The van der Waals surface area contributed by atoms with Gasteiger partial charge in [-0.1, -0.05) is 11.6 Å². The van der Waals surface area contributed by atoms with E-state index >= 15 is 0 Å². The van der Waals surface area contributed by atoms with Crippen LogP contribution in [0.4, 0.5) is 0 Å². The standard InChI is InChI=1S/C6H6ClNO2/c1-10-5-4(9)2-3-8-6(5)7/h2-3H,1H3,(H,8,9). The van der Waals surface area contributed by atoms with Gasteiger partial charge in [-0.3, -0.25) is 4.79 Å². The fourth-order valence-corrected chi connectivity index (χ4v) is 0.863. The summed E-state index contributed by atoms with van der Waals surface area (Å²) in [6, 6.07) is 1.35. The van der Waals surface area contributed by atoms with Crippen LogP contribution < -0.4 is 10.2 Å². The minimum Gasteiger partial charge on any atom is -0.490 e. The molecule has 0 saturated heterocycles.